The van der Waals surface area contributed by atoms with Crippen LogP contribution in [0.4, 0.5) is 18.0 Å². The van der Waals surface area contributed by atoms with E-state index >= 15 is 0 Å². The van der Waals surface area contributed by atoms with Gasteiger partial charge >= 0.3 is 6.18 Å². The van der Waals surface area contributed by atoms with E-state index in [0.29, 0.717) is 11.8 Å². The summed E-state index contributed by atoms with van der Waals surface area (Å²) in [6, 6.07) is 0.797. The molecule has 0 unspecified atom stereocenters. The molecule has 3 nitrogen and oxygen atoms in total. The molecule has 0 spiro atoms. The third-order valence-corrected chi connectivity index (χ3v) is 2.05. The zero-order valence-electron chi connectivity index (χ0n) is 6.71. The average molecular weight is 222 g/mol. The highest BCUT2D eigenvalue weighted by atomic mass is 32.2. The van der Waals surface area contributed by atoms with E-state index < -0.39 is 17.0 Å². The lowest BCUT2D eigenvalue weighted by molar-refractivity contribution is -0.139. The highest BCUT2D eigenvalue weighted by Gasteiger charge is 2.33. The van der Waals surface area contributed by atoms with Crippen LogP contribution in [0.5, 0.6) is 0 Å². The number of hydrogen-bond donors (Lipinski definition) is 1. The number of primary amides is 1. The standard InChI is InChI=1S/C7H5F3N2OS/c8-7(9,10)4-1-2-12-3-5(4)14-6(11)13/h1-3H,(H2,11,13). The van der Waals surface area contributed by atoms with Crippen molar-refractivity contribution in [2.45, 2.75) is 11.1 Å². The second-order valence-electron chi connectivity index (χ2n) is 2.29. The number of nitrogens with two attached hydrogens (primary N) is 1. The molecule has 1 rings (SSSR count). The van der Waals surface area contributed by atoms with Crippen molar-refractivity contribution in [1.82, 2.24) is 4.98 Å². The molecule has 7 heteroatoms. The third-order valence-electron chi connectivity index (χ3n) is 1.30. The molecule has 76 valence electrons. The van der Waals surface area contributed by atoms with Crippen LogP contribution in [0.3, 0.4) is 0 Å². The Balaban J connectivity index is 3.10. The highest BCUT2D eigenvalue weighted by Crippen LogP contribution is 2.35. The summed E-state index contributed by atoms with van der Waals surface area (Å²) in [5.41, 5.74) is 3.86. The van der Waals surface area contributed by atoms with Crippen molar-refractivity contribution in [3.8, 4) is 0 Å². The number of rotatable bonds is 1. The van der Waals surface area contributed by atoms with Crippen LogP contribution in [0.1, 0.15) is 5.56 Å². The number of nitrogens with zero attached hydrogens (tertiary/aromatic N) is 1. The van der Waals surface area contributed by atoms with E-state index in [2.05, 4.69) is 4.98 Å². The normalized spacial score (nSPS) is 11.4. The van der Waals surface area contributed by atoms with Crippen molar-refractivity contribution in [3.05, 3.63) is 24.0 Å². The van der Waals surface area contributed by atoms with E-state index in [4.69, 9.17) is 5.73 Å². The predicted octanol–water partition coefficient (Wildman–Crippen LogP) is 2.27. The minimum absolute atomic E-state index is 0.285. The van der Waals surface area contributed by atoms with Crippen molar-refractivity contribution < 1.29 is 18.0 Å². The van der Waals surface area contributed by atoms with E-state index in [1.807, 2.05) is 0 Å². The first-order valence-corrected chi connectivity index (χ1v) is 4.21. The van der Waals surface area contributed by atoms with Gasteiger partial charge in [-0.3, -0.25) is 9.78 Å². The number of thioether (sulfide) groups is 1. The van der Waals surface area contributed by atoms with Crippen molar-refractivity contribution >= 4 is 17.0 Å². The number of carbonyl (C=O) groups is 1. The van der Waals surface area contributed by atoms with Crippen LogP contribution in [0, 0.1) is 0 Å². The molecular weight excluding hydrogens is 217 g/mol. The van der Waals surface area contributed by atoms with Gasteiger partial charge in [-0.25, -0.2) is 0 Å². The van der Waals surface area contributed by atoms with Gasteiger partial charge in [-0.1, -0.05) is 0 Å². The first-order chi connectivity index (χ1) is 6.41. The van der Waals surface area contributed by atoms with Crippen LogP contribution in [-0.2, 0) is 6.18 Å². The van der Waals surface area contributed by atoms with E-state index in [1.165, 1.54) is 0 Å². The second kappa shape index (κ2) is 3.87. The summed E-state index contributed by atoms with van der Waals surface area (Å²) in [5, 5.41) is -0.900. The van der Waals surface area contributed by atoms with Crippen molar-refractivity contribution in [2.75, 3.05) is 0 Å². The zero-order chi connectivity index (χ0) is 10.8. The van der Waals surface area contributed by atoms with Crippen LogP contribution in [0.2, 0.25) is 0 Å². The Morgan fingerprint density at radius 2 is 2.14 bits per heavy atom. The molecule has 0 saturated heterocycles. The number of aromatic nitrogens is 1. The molecule has 0 bridgehead atoms. The minimum Gasteiger partial charge on any atom is -0.360 e. The fraction of sp³-hybridized carbons (Fsp3) is 0.143. The molecule has 0 radical (unpaired) electrons. The molecule has 0 aliphatic rings. The first-order valence-electron chi connectivity index (χ1n) is 3.40. The second-order valence-corrected chi connectivity index (χ2v) is 3.34. The quantitative estimate of drug-likeness (QED) is 0.741. The van der Waals surface area contributed by atoms with Gasteiger partial charge in [0.2, 0.25) is 0 Å². The molecule has 2 N–H and O–H groups in total. The van der Waals surface area contributed by atoms with Crippen molar-refractivity contribution in [3.63, 3.8) is 0 Å². The number of halogens is 3. The minimum atomic E-state index is -4.50. The van der Waals surface area contributed by atoms with Gasteiger partial charge in [0.1, 0.15) is 0 Å². The van der Waals surface area contributed by atoms with Crippen molar-refractivity contribution in [1.29, 1.82) is 0 Å². The van der Waals surface area contributed by atoms with Gasteiger partial charge in [0.05, 0.1) is 5.56 Å². The molecule has 0 saturated carbocycles. The Labute approximate surface area is 81.5 Å². The van der Waals surface area contributed by atoms with Gasteiger partial charge in [0, 0.05) is 17.3 Å². The number of carbonyl (C=O) groups excluding carboxylic acids is 1. The van der Waals surface area contributed by atoms with Crippen LogP contribution in [0.15, 0.2) is 23.4 Å². The lowest BCUT2D eigenvalue weighted by atomic mass is 10.3. The maximum atomic E-state index is 12.3. The summed E-state index contributed by atoms with van der Waals surface area (Å²) >= 11 is 0.308. The molecule has 14 heavy (non-hydrogen) atoms. The SMILES string of the molecule is NC(=O)Sc1cnccc1C(F)(F)F. The van der Waals surface area contributed by atoms with E-state index in [9.17, 15) is 18.0 Å². The number of pyridine rings is 1. The summed E-state index contributed by atoms with van der Waals surface area (Å²) in [5.74, 6) is 0. The van der Waals surface area contributed by atoms with Gasteiger partial charge in [0.15, 0.2) is 0 Å². The molecule has 1 heterocycles. The summed E-state index contributed by atoms with van der Waals surface area (Å²) < 4.78 is 36.9. The molecule has 1 aromatic rings. The maximum absolute atomic E-state index is 12.3. The zero-order valence-corrected chi connectivity index (χ0v) is 7.52. The maximum Gasteiger partial charge on any atom is 0.417 e. The molecule has 1 aromatic heterocycles. The summed E-state index contributed by atoms with van der Waals surface area (Å²) in [6.07, 6.45) is -2.53. The summed E-state index contributed by atoms with van der Waals surface area (Å²) in [6.45, 7) is 0. The Morgan fingerprint density at radius 1 is 1.50 bits per heavy atom. The Morgan fingerprint density at radius 3 is 2.64 bits per heavy atom. The number of alkyl halides is 3. The topological polar surface area (TPSA) is 56.0 Å². The monoisotopic (exact) mass is 222 g/mol. The highest BCUT2D eigenvalue weighted by molar-refractivity contribution is 8.13. The molecule has 0 fully saturated rings. The van der Waals surface area contributed by atoms with E-state index in [0.717, 1.165) is 18.5 Å². The largest absolute Gasteiger partial charge is 0.417 e. The predicted molar refractivity (Wildman–Crippen MR) is 44.7 cm³/mol. The number of amides is 1. The Kier molecular flexibility index (Phi) is 3.00. The molecule has 0 aliphatic carbocycles. The molecule has 0 aliphatic heterocycles. The average Bonchev–Trinajstić information content (AvgIpc) is 2.01. The summed E-state index contributed by atoms with van der Waals surface area (Å²) in [7, 11) is 0. The first kappa shape index (κ1) is 10.8. The number of hydrogen-bond acceptors (Lipinski definition) is 3. The molecule has 1 amide bonds. The Hall–Kier alpha value is -1.24. The molecular formula is C7H5F3N2OS. The van der Waals surface area contributed by atoms with Crippen molar-refractivity contribution in [2.24, 2.45) is 5.73 Å². The van der Waals surface area contributed by atoms with Crippen LogP contribution in [0.25, 0.3) is 0 Å². The smallest absolute Gasteiger partial charge is 0.360 e. The molecule has 0 atom stereocenters. The van der Waals surface area contributed by atoms with E-state index in [-0.39, 0.29) is 4.90 Å². The third kappa shape index (κ3) is 2.63. The Bertz CT molecular complexity index is 353. The van der Waals surface area contributed by atoms with Gasteiger partial charge in [-0.05, 0) is 17.8 Å². The van der Waals surface area contributed by atoms with Crippen LogP contribution in [-0.4, -0.2) is 10.2 Å². The van der Waals surface area contributed by atoms with Gasteiger partial charge in [-0.15, -0.1) is 0 Å². The van der Waals surface area contributed by atoms with Gasteiger partial charge < -0.3 is 5.73 Å². The lowest BCUT2D eigenvalue weighted by Gasteiger charge is -2.09. The molecule has 0 aromatic carbocycles. The fourth-order valence-corrected chi connectivity index (χ4v) is 1.43. The van der Waals surface area contributed by atoms with Crippen LogP contribution < -0.4 is 5.73 Å². The lowest BCUT2D eigenvalue weighted by Crippen LogP contribution is -2.09. The van der Waals surface area contributed by atoms with Gasteiger partial charge in [0.25, 0.3) is 5.24 Å². The summed E-state index contributed by atoms with van der Waals surface area (Å²) in [4.78, 5) is 13.6. The van der Waals surface area contributed by atoms with Gasteiger partial charge in [-0.2, -0.15) is 13.2 Å². The fourth-order valence-electron chi connectivity index (χ4n) is 0.804. The van der Waals surface area contributed by atoms with E-state index in [1.54, 1.807) is 0 Å². The van der Waals surface area contributed by atoms with Crippen LogP contribution >= 0.6 is 11.8 Å².